The second kappa shape index (κ2) is 4.35. The highest BCUT2D eigenvalue weighted by molar-refractivity contribution is 7.16. The molecule has 1 aliphatic carbocycles. The monoisotopic (exact) mass is 223 g/mol. The first-order valence-corrected chi connectivity index (χ1v) is 6.49. The number of aryl methyl sites for hydroxylation is 1. The predicted molar refractivity (Wildman–Crippen MR) is 64.6 cm³/mol. The molecule has 0 radical (unpaired) electrons. The van der Waals surface area contributed by atoms with Crippen molar-refractivity contribution in [1.82, 2.24) is 0 Å². The van der Waals surface area contributed by atoms with Gasteiger partial charge in [0.1, 0.15) is 0 Å². The van der Waals surface area contributed by atoms with Crippen molar-refractivity contribution >= 4 is 22.1 Å². The molecule has 2 N–H and O–H groups in total. The van der Waals surface area contributed by atoms with Crippen molar-refractivity contribution in [2.75, 3.05) is 5.73 Å². The number of anilines is 1. The molecule has 0 aliphatic heterocycles. The SMILES string of the molecule is CCCC(=O)c1c(N)sc2c1CCCC2. The molecule has 15 heavy (non-hydrogen) atoms. The van der Waals surface area contributed by atoms with Gasteiger partial charge in [-0.3, -0.25) is 4.79 Å². The van der Waals surface area contributed by atoms with E-state index in [4.69, 9.17) is 5.73 Å². The summed E-state index contributed by atoms with van der Waals surface area (Å²) in [6.07, 6.45) is 6.15. The van der Waals surface area contributed by atoms with Crippen LogP contribution in [0.15, 0.2) is 0 Å². The van der Waals surface area contributed by atoms with Gasteiger partial charge in [-0.05, 0) is 37.7 Å². The molecular weight excluding hydrogens is 206 g/mol. The Balaban J connectivity index is 2.37. The van der Waals surface area contributed by atoms with Crippen LogP contribution in [0.4, 0.5) is 5.00 Å². The van der Waals surface area contributed by atoms with Gasteiger partial charge in [0, 0.05) is 11.3 Å². The Hall–Kier alpha value is -0.830. The summed E-state index contributed by atoms with van der Waals surface area (Å²) >= 11 is 1.63. The van der Waals surface area contributed by atoms with Gasteiger partial charge in [0.05, 0.1) is 10.6 Å². The van der Waals surface area contributed by atoms with E-state index < -0.39 is 0 Å². The Morgan fingerprint density at radius 1 is 1.40 bits per heavy atom. The summed E-state index contributed by atoms with van der Waals surface area (Å²) in [6.45, 7) is 2.03. The van der Waals surface area contributed by atoms with Gasteiger partial charge in [-0.15, -0.1) is 11.3 Å². The van der Waals surface area contributed by atoms with Crippen molar-refractivity contribution in [2.45, 2.75) is 45.4 Å². The highest BCUT2D eigenvalue weighted by atomic mass is 32.1. The van der Waals surface area contributed by atoms with E-state index in [1.54, 1.807) is 11.3 Å². The molecule has 0 aromatic carbocycles. The zero-order valence-corrected chi connectivity index (χ0v) is 9.95. The second-order valence-corrected chi connectivity index (χ2v) is 5.26. The number of nitrogens with two attached hydrogens (primary N) is 1. The van der Waals surface area contributed by atoms with Crippen LogP contribution in [0.3, 0.4) is 0 Å². The number of carbonyl (C=O) groups excluding carboxylic acids is 1. The number of rotatable bonds is 3. The molecule has 1 aromatic heterocycles. The maximum absolute atomic E-state index is 11.9. The smallest absolute Gasteiger partial charge is 0.166 e. The minimum absolute atomic E-state index is 0.245. The van der Waals surface area contributed by atoms with Crippen LogP contribution < -0.4 is 5.73 Å². The zero-order chi connectivity index (χ0) is 10.8. The molecule has 1 aliphatic rings. The van der Waals surface area contributed by atoms with Gasteiger partial charge < -0.3 is 5.73 Å². The van der Waals surface area contributed by atoms with Gasteiger partial charge in [-0.2, -0.15) is 0 Å². The molecule has 2 nitrogen and oxygen atoms in total. The summed E-state index contributed by atoms with van der Waals surface area (Å²) in [4.78, 5) is 13.3. The first kappa shape index (κ1) is 10.7. The van der Waals surface area contributed by atoms with E-state index in [1.165, 1.54) is 23.3 Å². The lowest BCUT2D eigenvalue weighted by Gasteiger charge is -2.11. The van der Waals surface area contributed by atoms with Crippen molar-refractivity contribution < 1.29 is 4.79 Å². The predicted octanol–water partition coefficient (Wildman–Crippen LogP) is 3.19. The van der Waals surface area contributed by atoms with Crippen molar-refractivity contribution in [3.8, 4) is 0 Å². The molecule has 1 heterocycles. The molecule has 3 heteroatoms. The summed E-state index contributed by atoms with van der Waals surface area (Å²) < 4.78 is 0. The fraction of sp³-hybridized carbons (Fsp3) is 0.583. The van der Waals surface area contributed by atoms with Crippen LogP contribution in [-0.2, 0) is 12.8 Å². The van der Waals surface area contributed by atoms with Gasteiger partial charge in [-0.1, -0.05) is 6.92 Å². The minimum atomic E-state index is 0.245. The summed E-state index contributed by atoms with van der Waals surface area (Å²) in [5.41, 5.74) is 8.07. The summed E-state index contributed by atoms with van der Waals surface area (Å²) in [5, 5.41) is 0.750. The molecule has 0 fully saturated rings. The van der Waals surface area contributed by atoms with E-state index >= 15 is 0 Å². The van der Waals surface area contributed by atoms with Crippen LogP contribution in [0.5, 0.6) is 0 Å². The minimum Gasteiger partial charge on any atom is -0.390 e. The third kappa shape index (κ3) is 1.93. The van der Waals surface area contributed by atoms with Crippen LogP contribution in [0.1, 0.15) is 53.4 Å². The third-order valence-electron chi connectivity index (χ3n) is 2.95. The van der Waals surface area contributed by atoms with E-state index in [0.29, 0.717) is 6.42 Å². The van der Waals surface area contributed by atoms with Crippen molar-refractivity contribution in [3.63, 3.8) is 0 Å². The fourth-order valence-electron chi connectivity index (χ4n) is 2.24. The number of hydrogen-bond donors (Lipinski definition) is 1. The van der Waals surface area contributed by atoms with Gasteiger partial charge in [0.15, 0.2) is 5.78 Å². The largest absolute Gasteiger partial charge is 0.390 e. The molecule has 2 rings (SSSR count). The van der Waals surface area contributed by atoms with Crippen molar-refractivity contribution in [2.24, 2.45) is 0 Å². The lowest BCUT2D eigenvalue weighted by atomic mass is 9.93. The van der Waals surface area contributed by atoms with Gasteiger partial charge >= 0.3 is 0 Å². The number of Topliss-reactive ketones (excluding diaryl/α,β-unsaturated/α-hetero) is 1. The quantitative estimate of drug-likeness (QED) is 0.800. The van der Waals surface area contributed by atoms with E-state index in [9.17, 15) is 4.79 Å². The van der Waals surface area contributed by atoms with Gasteiger partial charge in [-0.25, -0.2) is 0 Å². The molecule has 82 valence electrons. The van der Waals surface area contributed by atoms with Gasteiger partial charge in [0.25, 0.3) is 0 Å². The maximum atomic E-state index is 11.9. The topological polar surface area (TPSA) is 43.1 Å². The average Bonchev–Trinajstić information content (AvgIpc) is 2.54. The zero-order valence-electron chi connectivity index (χ0n) is 9.14. The number of thiophene rings is 1. The molecule has 0 saturated carbocycles. The molecule has 0 amide bonds. The third-order valence-corrected chi connectivity index (χ3v) is 4.08. The highest BCUT2D eigenvalue weighted by Crippen LogP contribution is 2.36. The Morgan fingerprint density at radius 2 is 2.13 bits per heavy atom. The molecule has 0 bridgehead atoms. The van der Waals surface area contributed by atoms with Crippen LogP contribution in [0.25, 0.3) is 0 Å². The first-order chi connectivity index (χ1) is 7.24. The maximum Gasteiger partial charge on any atom is 0.166 e. The van der Waals surface area contributed by atoms with Crippen LogP contribution in [0.2, 0.25) is 0 Å². The Labute approximate surface area is 94.5 Å². The van der Waals surface area contributed by atoms with Gasteiger partial charge in [0.2, 0.25) is 0 Å². The highest BCUT2D eigenvalue weighted by Gasteiger charge is 2.23. The summed E-state index contributed by atoms with van der Waals surface area (Å²) in [6, 6.07) is 0. The molecule has 0 spiro atoms. The molecule has 0 unspecified atom stereocenters. The van der Waals surface area contributed by atoms with Crippen LogP contribution in [0, 0.1) is 0 Å². The van der Waals surface area contributed by atoms with E-state index in [0.717, 1.165) is 29.8 Å². The Morgan fingerprint density at radius 3 is 2.87 bits per heavy atom. The number of carbonyl (C=O) groups is 1. The first-order valence-electron chi connectivity index (χ1n) is 5.67. The Kier molecular flexibility index (Phi) is 3.10. The molecule has 1 aromatic rings. The number of fused-ring (bicyclic) bond motifs is 1. The standard InChI is InChI=1S/C12H17NOS/c1-2-5-9(14)11-8-6-3-4-7-10(8)15-12(11)13/h2-7,13H2,1H3. The molecule has 0 atom stereocenters. The number of ketones is 1. The van der Waals surface area contributed by atoms with E-state index in [1.807, 2.05) is 6.92 Å². The Bertz CT molecular complexity index is 381. The lowest BCUT2D eigenvalue weighted by Crippen LogP contribution is -2.07. The lowest BCUT2D eigenvalue weighted by molar-refractivity contribution is 0.0982. The second-order valence-electron chi connectivity index (χ2n) is 4.12. The summed E-state index contributed by atoms with van der Waals surface area (Å²) in [7, 11) is 0. The fourth-order valence-corrected chi connectivity index (χ4v) is 3.42. The normalized spacial score (nSPS) is 15.0. The van der Waals surface area contributed by atoms with Crippen molar-refractivity contribution in [1.29, 1.82) is 0 Å². The number of nitrogen functional groups attached to an aromatic ring is 1. The molecule has 0 saturated heterocycles. The van der Waals surface area contributed by atoms with Crippen LogP contribution >= 0.6 is 11.3 Å². The average molecular weight is 223 g/mol. The van der Waals surface area contributed by atoms with E-state index in [2.05, 4.69) is 0 Å². The summed E-state index contributed by atoms with van der Waals surface area (Å²) in [5.74, 6) is 0.245. The number of hydrogen-bond acceptors (Lipinski definition) is 3. The van der Waals surface area contributed by atoms with Crippen molar-refractivity contribution in [3.05, 3.63) is 16.0 Å². The van der Waals surface area contributed by atoms with Crippen LogP contribution in [-0.4, -0.2) is 5.78 Å². The molecular formula is C12H17NOS. The van der Waals surface area contributed by atoms with E-state index in [-0.39, 0.29) is 5.78 Å².